The van der Waals surface area contributed by atoms with Crippen LogP contribution in [0.3, 0.4) is 0 Å². The zero-order valence-electron chi connectivity index (χ0n) is 23.7. The van der Waals surface area contributed by atoms with Crippen LogP contribution < -0.4 is 10.7 Å². The Morgan fingerprint density at radius 2 is 1.43 bits per heavy atom. The van der Waals surface area contributed by atoms with Crippen molar-refractivity contribution >= 4 is 48.2 Å². The predicted molar refractivity (Wildman–Crippen MR) is 170 cm³/mol. The second-order valence-electron chi connectivity index (χ2n) is 10.2. The fourth-order valence-electron chi connectivity index (χ4n) is 4.96. The number of benzene rings is 5. The molecule has 222 valence electrons. The Balaban J connectivity index is 1.54. The van der Waals surface area contributed by atoms with Crippen LogP contribution in [0.15, 0.2) is 134 Å². The van der Waals surface area contributed by atoms with Gasteiger partial charge in [0.1, 0.15) is 16.2 Å². The van der Waals surface area contributed by atoms with Crippen molar-refractivity contribution in [1.82, 2.24) is 4.31 Å². The van der Waals surface area contributed by atoms with Gasteiger partial charge < -0.3 is 9.73 Å². The Bertz CT molecular complexity index is 2260. The summed E-state index contributed by atoms with van der Waals surface area (Å²) in [7, 11) is -5.17. The normalized spacial score (nSPS) is 12.7. The number of hydrogen-bond donors (Lipinski definition) is 2. The van der Waals surface area contributed by atoms with Gasteiger partial charge in [0.25, 0.3) is 10.1 Å². The molecule has 0 aromatic heterocycles. The molecule has 4 aromatic rings. The highest BCUT2D eigenvalue weighted by molar-refractivity contribution is 7.89. The first-order valence-corrected chi connectivity index (χ1v) is 16.4. The molecule has 0 amide bonds. The average Bonchev–Trinajstić information content (AvgIpc) is 3.00. The smallest absolute Gasteiger partial charge is 0.295 e. The van der Waals surface area contributed by atoms with Crippen LogP contribution in [-0.2, 0) is 20.1 Å². The second kappa shape index (κ2) is 11.4. The number of sulfonamides is 1. The molecule has 0 unspecified atom stereocenters. The average molecular weight is 626 g/mol. The molecule has 4 aromatic carbocycles. The number of para-hydroxylation sites is 1. The third-order valence-corrected chi connectivity index (χ3v) is 9.82. The molecular weight excluding hydrogens is 599 g/mol. The van der Waals surface area contributed by atoms with Crippen molar-refractivity contribution in [3.63, 3.8) is 0 Å². The van der Waals surface area contributed by atoms with Gasteiger partial charge in [-0.1, -0.05) is 36.4 Å². The number of fused-ring (bicyclic) bond motifs is 2. The van der Waals surface area contributed by atoms with Crippen LogP contribution in [0.4, 0.5) is 17.1 Å². The lowest BCUT2D eigenvalue weighted by molar-refractivity contribution is 0.483. The van der Waals surface area contributed by atoms with E-state index in [1.54, 1.807) is 48.5 Å². The molecule has 11 heteroatoms. The second-order valence-corrected chi connectivity index (χ2v) is 13.8. The Morgan fingerprint density at radius 3 is 2.14 bits per heavy atom. The van der Waals surface area contributed by atoms with Gasteiger partial charge in [0, 0.05) is 59.7 Å². The van der Waals surface area contributed by atoms with Gasteiger partial charge in [0.15, 0.2) is 0 Å². The van der Waals surface area contributed by atoms with Gasteiger partial charge in [0.2, 0.25) is 10.0 Å². The molecule has 9 nitrogen and oxygen atoms in total. The fraction of sp³-hybridized carbons (Fsp3) is 0.0606. The molecule has 2 N–H and O–H groups in total. The summed E-state index contributed by atoms with van der Waals surface area (Å²) in [5.41, 5.74) is 4.17. The van der Waals surface area contributed by atoms with E-state index >= 15 is 0 Å². The Morgan fingerprint density at radius 1 is 0.727 bits per heavy atom. The lowest BCUT2D eigenvalue weighted by Gasteiger charge is -2.18. The molecule has 0 radical (unpaired) electrons. The number of nitrogens with zero attached hydrogens (tertiary/aromatic N) is 2. The van der Waals surface area contributed by atoms with E-state index in [0.717, 1.165) is 15.7 Å². The van der Waals surface area contributed by atoms with Gasteiger partial charge >= 0.3 is 0 Å². The summed E-state index contributed by atoms with van der Waals surface area (Å²) in [5.74, 6) is 0.433. The Hall–Kier alpha value is -4.81. The van der Waals surface area contributed by atoms with Gasteiger partial charge in [-0.05, 0) is 66.7 Å². The lowest BCUT2D eigenvalue weighted by Crippen LogP contribution is -2.22. The third-order valence-electron chi connectivity index (χ3n) is 7.08. The zero-order valence-corrected chi connectivity index (χ0v) is 25.3. The van der Waals surface area contributed by atoms with E-state index in [2.05, 4.69) is 10.3 Å². The van der Waals surface area contributed by atoms with E-state index in [1.165, 1.54) is 32.3 Å². The van der Waals surface area contributed by atoms with Crippen LogP contribution in [0, 0.1) is 0 Å². The number of rotatable bonds is 7. The summed E-state index contributed by atoms with van der Waals surface area (Å²) in [6.45, 7) is 0. The van der Waals surface area contributed by atoms with Crippen LogP contribution in [0.2, 0.25) is 0 Å². The molecule has 0 atom stereocenters. The van der Waals surface area contributed by atoms with Gasteiger partial charge in [-0.25, -0.2) is 17.7 Å². The van der Waals surface area contributed by atoms with Crippen molar-refractivity contribution < 1.29 is 25.8 Å². The van der Waals surface area contributed by atoms with E-state index in [4.69, 9.17) is 4.42 Å². The standard InChI is InChI=1S/C33H27N3O6S2/c1-36(2)43(37,38)26-16-12-23(13-17-26)35-25-15-19-28-31(21-25)42-30-20-24(34-22-8-4-3-5-9-22)14-18-27(30)33(28)29-10-6-7-11-32(29)44(39,40)41/h3-21,34H,1-2H3,(H,39,40,41). The summed E-state index contributed by atoms with van der Waals surface area (Å²) in [6, 6.07) is 33.0. The monoisotopic (exact) mass is 625 g/mol. The molecule has 44 heavy (non-hydrogen) atoms. The summed E-state index contributed by atoms with van der Waals surface area (Å²) >= 11 is 0. The van der Waals surface area contributed by atoms with E-state index in [1.807, 2.05) is 48.5 Å². The first-order valence-electron chi connectivity index (χ1n) is 13.5. The molecule has 1 heterocycles. The molecule has 0 saturated carbocycles. The molecule has 0 bridgehead atoms. The minimum Gasteiger partial charge on any atom is -0.456 e. The number of nitrogens with one attached hydrogen (secondary N) is 1. The van der Waals surface area contributed by atoms with E-state index in [9.17, 15) is 21.4 Å². The van der Waals surface area contributed by atoms with Crippen LogP contribution in [0.1, 0.15) is 0 Å². The molecule has 0 fully saturated rings. The minimum atomic E-state index is -4.54. The zero-order chi connectivity index (χ0) is 31.1. The SMILES string of the molecule is CN(C)S(=O)(=O)c1ccc(N=c2ccc3c(-c4ccccc4S(=O)(=O)O)c4ccc(Nc5ccccc5)cc4oc-3c2)cc1. The van der Waals surface area contributed by atoms with Crippen molar-refractivity contribution in [1.29, 1.82) is 0 Å². The maximum atomic E-state index is 12.4. The van der Waals surface area contributed by atoms with Gasteiger partial charge in [-0.2, -0.15) is 8.42 Å². The minimum absolute atomic E-state index is 0.156. The molecule has 0 spiro atoms. The van der Waals surface area contributed by atoms with Crippen LogP contribution in [0.25, 0.3) is 33.4 Å². The van der Waals surface area contributed by atoms with Gasteiger partial charge in [0.05, 0.1) is 15.9 Å². The molecule has 1 aliphatic heterocycles. The summed E-state index contributed by atoms with van der Waals surface area (Å²) in [6.07, 6.45) is 0. The molecule has 2 aliphatic rings. The third kappa shape index (κ3) is 5.73. The maximum absolute atomic E-state index is 12.4. The Labute approximate surface area is 254 Å². The van der Waals surface area contributed by atoms with E-state index in [-0.39, 0.29) is 9.79 Å². The molecule has 6 rings (SSSR count). The van der Waals surface area contributed by atoms with Crippen molar-refractivity contribution in [2.75, 3.05) is 19.4 Å². The Kier molecular flexibility index (Phi) is 7.56. The summed E-state index contributed by atoms with van der Waals surface area (Å²) in [4.78, 5) is 4.59. The van der Waals surface area contributed by atoms with Crippen LogP contribution in [0.5, 0.6) is 0 Å². The lowest BCUT2D eigenvalue weighted by atomic mass is 9.93. The highest BCUT2D eigenvalue weighted by Gasteiger charge is 2.23. The number of anilines is 2. The van der Waals surface area contributed by atoms with Crippen LogP contribution >= 0.6 is 0 Å². The van der Waals surface area contributed by atoms with Crippen LogP contribution in [-0.4, -0.2) is 39.8 Å². The number of hydrogen-bond acceptors (Lipinski definition) is 7. The fourth-order valence-corrected chi connectivity index (χ4v) is 6.56. The first-order chi connectivity index (χ1) is 21.0. The topological polar surface area (TPSA) is 129 Å². The summed E-state index contributed by atoms with van der Waals surface area (Å²) in [5, 5.41) is 4.53. The van der Waals surface area contributed by atoms with Crippen molar-refractivity contribution in [3.05, 3.63) is 121 Å². The predicted octanol–water partition coefficient (Wildman–Crippen LogP) is 6.68. The summed E-state index contributed by atoms with van der Waals surface area (Å²) < 4.78 is 67.3. The highest BCUT2D eigenvalue weighted by atomic mass is 32.2. The largest absolute Gasteiger partial charge is 0.456 e. The first kappa shape index (κ1) is 29.3. The van der Waals surface area contributed by atoms with E-state index in [0.29, 0.717) is 44.5 Å². The van der Waals surface area contributed by atoms with Crippen molar-refractivity contribution in [2.45, 2.75) is 9.79 Å². The molecule has 1 aliphatic carbocycles. The quantitative estimate of drug-likeness (QED) is 0.150. The maximum Gasteiger partial charge on any atom is 0.295 e. The van der Waals surface area contributed by atoms with E-state index < -0.39 is 20.1 Å². The van der Waals surface area contributed by atoms with Crippen molar-refractivity contribution in [2.24, 2.45) is 4.99 Å². The highest BCUT2D eigenvalue weighted by Crippen LogP contribution is 2.42. The molecule has 0 saturated heterocycles. The van der Waals surface area contributed by atoms with Crippen molar-refractivity contribution in [3.8, 4) is 22.5 Å². The van der Waals surface area contributed by atoms with Gasteiger partial charge in [-0.3, -0.25) is 4.55 Å². The molecular formula is C33H27N3O6S2. The van der Waals surface area contributed by atoms with Gasteiger partial charge in [-0.15, -0.1) is 0 Å².